The summed E-state index contributed by atoms with van der Waals surface area (Å²) in [7, 11) is -2.10. The number of rotatable bonds is 18. The van der Waals surface area contributed by atoms with Crippen LogP contribution in [0.2, 0.25) is 0 Å². The van der Waals surface area contributed by atoms with Crippen molar-refractivity contribution in [3.05, 3.63) is 77.0 Å². The molecule has 0 bridgehead atoms. The van der Waals surface area contributed by atoms with Crippen molar-refractivity contribution in [3.8, 4) is 0 Å². The quantitative estimate of drug-likeness (QED) is 0.0724. The van der Waals surface area contributed by atoms with Gasteiger partial charge >= 0.3 is 13.3 Å². The van der Waals surface area contributed by atoms with Crippen LogP contribution >= 0.6 is 31.1 Å². The van der Waals surface area contributed by atoms with E-state index in [0.29, 0.717) is 35.6 Å². The Morgan fingerprint density at radius 3 is 2.16 bits per heavy atom. The van der Waals surface area contributed by atoms with Gasteiger partial charge in [0.2, 0.25) is 11.8 Å². The lowest BCUT2D eigenvalue weighted by molar-refractivity contribution is -0.146. The van der Waals surface area contributed by atoms with Gasteiger partial charge in [0.15, 0.2) is 15.9 Å². The molecule has 4 aromatic rings. The summed E-state index contributed by atoms with van der Waals surface area (Å²) in [5.41, 5.74) is -3.22. The molecular formula is C47H59F2N6O9PS2. The molecule has 3 aromatic carbocycles. The Hall–Kier alpha value is -4.68. The fourth-order valence-corrected chi connectivity index (χ4v) is 11.7. The third-order valence-corrected chi connectivity index (χ3v) is 15.3. The maximum Gasteiger partial charge on any atom is 0.404 e. The highest BCUT2D eigenvalue weighted by Crippen LogP contribution is 2.67. The average Bonchev–Trinajstić information content (AvgIpc) is 3.89. The Bertz CT molecular complexity index is 2520. The second kappa shape index (κ2) is 22.2. The molecule has 2 fully saturated rings. The van der Waals surface area contributed by atoms with E-state index < -0.39 is 67.9 Å². The van der Waals surface area contributed by atoms with Gasteiger partial charge in [0.05, 0.1) is 25.3 Å². The van der Waals surface area contributed by atoms with Crippen molar-refractivity contribution < 1.29 is 51.2 Å². The van der Waals surface area contributed by atoms with Crippen LogP contribution in [0.1, 0.15) is 91.8 Å². The van der Waals surface area contributed by atoms with Crippen LogP contribution in [0.5, 0.6) is 0 Å². The Morgan fingerprint density at radius 2 is 1.54 bits per heavy atom. The Labute approximate surface area is 397 Å². The molecule has 3 heterocycles. The van der Waals surface area contributed by atoms with Crippen molar-refractivity contribution in [1.29, 1.82) is 0 Å². The van der Waals surface area contributed by atoms with Gasteiger partial charge in [-0.3, -0.25) is 38.4 Å². The third-order valence-electron chi connectivity index (χ3n) is 11.6. The van der Waals surface area contributed by atoms with Gasteiger partial charge in [0.1, 0.15) is 12.1 Å². The molecule has 2 saturated heterocycles. The number of carbonyl (C=O) groups excluding carboxylic acids is 6. The van der Waals surface area contributed by atoms with Crippen LogP contribution in [0, 0.1) is 18.8 Å². The van der Waals surface area contributed by atoms with Crippen LogP contribution < -0.4 is 5.32 Å². The molecule has 2 aliphatic heterocycles. The molecule has 0 saturated carbocycles. The Morgan fingerprint density at radius 1 is 0.896 bits per heavy atom. The minimum atomic E-state index is -5.31. The molecule has 3 atom stereocenters. The van der Waals surface area contributed by atoms with Gasteiger partial charge in [-0.25, -0.2) is 0 Å². The second-order valence-electron chi connectivity index (χ2n) is 18.0. The molecule has 0 radical (unpaired) electrons. The summed E-state index contributed by atoms with van der Waals surface area (Å²) in [6, 6.07) is 11.0. The molecule has 1 aromatic heterocycles. The van der Waals surface area contributed by atoms with Crippen LogP contribution in [0.25, 0.3) is 21.7 Å². The Kier molecular flexibility index (Phi) is 17.1. The molecule has 362 valence electrons. The number of nitrogens with one attached hydrogen (secondary N) is 2. The van der Waals surface area contributed by atoms with Crippen LogP contribution in [-0.2, 0) is 38.5 Å². The summed E-state index contributed by atoms with van der Waals surface area (Å²) in [5.74, 6) is -1.92. The molecule has 0 unspecified atom stereocenters. The van der Waals surface area contributed by atoms with Gasteiger partial charge < -0.3 is 29.1 Å². The lowest BCUT2D eigenvalue weighted by atomic mass is 10.0. The van der Waals surface area contributed by atoms with Crippen LogP contribution in [0.3, 0.4) is 0 Å². The molecule has 20 heteroatoms. The summed E-state index contributed by atoms with van der Waals surface area (Å²) in [5, 5.41) is 10.9. The zero-order chi connectivity index (χ0) is 48.8. The first-order chi connectivity index (χ1) is 31.7. The van der Waals surface area contributed by atoms with E-state index in [9.17, 15) is 33.3 Å². The van der Waals surface area contributed by atoms with E-state index in [1.807, 2.05) is 52.8 Å². The van der Waals surface area contributed by atoms with E-state index in [1.54, 1.807) is 14.1 Å². The molecule has 0 aliphatic carbocycles. The number of halogens is 2. The lowest BCUT2D eigenvalue weighted by Gasteiger charge is -2.39. The first-order valence-electron chi connectivity index (χ1n) is 22.4. The number of nitrogens with zero attached hydrogens (tertiary/aromatic N) is 4. The first-order valence-corrected chi connectivity index (χ1v) is 25.9. The molecule has 2 N–H and O–H groups in total. The van der Waals surface area contributed by atoms with E-state index >= 15 is 8.78 Å². The van der Waals surface area contributed by atoms with Crippen molar-refractivity contribution in [1.82, 2.24) is 30.2 Å². The summed E-state index contributed by atoms with van der Waals surface area (Å²) in [6.45, 7) is 8.37. The third kappa shape index (κ3) is 12.3. The number of carbonyl (C=O) groups is 6. The van der Waals surface area contributed by atoms with Crippen molar-refractivity contribution in [3.63, 3.8) is 0 Å². The van der Waals surface area contributed by atoms with Gasteiger partial charge in [0.25, 0.3) is 11.8 Å². The van der Waals surface area contributed by atoms with Crippen LogP contribution in [0.4, 0.5) is 8.78 Å². The largest absolute Gasteiger partial charge is 0.404 e. The summed E-state index contributed by atoms with van der Waals surface area (Å²) in [4.78, 5) is 85.4. The molecule has 6 rings (SSSR count). The number of benzene rings is 3. The van der Waals surface area contributed by atoms with E-state index in [1.165, 1.54) is 39.0 Å². The number of hydrogen-bond acceptors (Lipinski definition) is 12. The lowest BCUT2D eigenvalue weighted by Crippen LogP contribution is -2.61. The van der Waals surface area contributed by atoms with Gasteiger partial charge in [0, 0.05) is 67.5 Å². The number of amides is 4. The monoisotopic (exact) mass is 984 g/mol. The minimum Gasteiger partial charge on any atom is -0.347 e. The summed E-state index contributed by atoms with van der Waals surface area (Å²) < 4.78 is 58.2. The second-order valence-corrected chi connectivity index (χ2v) is 22.4. The van der Waals surface area contributed by atoms with Gasteiger partial charge in [-0.15, -0.1) is 0 Å². The van der Waals surface area contributed by atoms with E-state index in [0.717, 1.165) is 41.2 Å². The fraction of sp³-hybridized carbons (Fsp3) is 0.511. The van der Waals surface area contributed by atoms with Gasteiger partial charge in [-0.2, -0.15) is 13.9 Å². The molecule has 67 heavy (non-hydrogen) atoms. The number of thioether (sulfide) groups is 2. The topological polar surface area (TPSA) is 188 Å². The SMILES string of the molecule is Cc1ccc2[nH]nc(C(=O)N3CC[C@H]4CC[C@@H](C(=O)N(C)C)N4C(=O)[C@@H](NC(=O)c4ccc5ccc(C(F)(F)P(=O)(OCCSC(=O)CC(C)C)OCCSC(=O)CC(C)C)cc5c4)C3)c2c1. The number of likely N-dealkylation sites (N-methyl/N-ethyl adjacent to an activating group) is 1. The maximum atomic E-state index is 16.6. The summed E-state index contributed by atoms with van der Waals surface area (Å²) in [6.07, 6.45) is 1.84. The molecule has 15 nitrogen and oxygen atoms in total. The van der Waals surface area contributed by atoms with Crippen LogP contribution in [-0.4, -0.2) is 129 Å². The highest BCUT2D eigenvalue weighted by molar-refractivity contribution is 8.13. The number of aromatic amines is 1. The number of alkyl halides is 2. The molecular weight excluding hydrogens is 926 g/mol. The first kappa shape index (κ1) is 51.7. The van der Waals surface area contributed by atoms with Crippen molar-refractivity contribution in [2.24, 2.45) is 11.8 Å². The average molecular weight is 985 g/mol. The smallest absolute Gasteiger partial charge is 0.347 e. The molecule has 0 spiro atoms. The summed E-state index contributed by atoms with van der Waals surface area (Å²) >= 11 is 1.77. The number of aromatic nitrogens is 2. The number of H-pyrrole nitrogens is 1. The molecule has 2 aliphatic rings. The molecule has 4 amide bonds. The number of aryl methyl sites for hydroxylation is 1. The number of hydrogen-bond donors (Lipinski definition) is 2. The van der Waals surface area contributed by atoms with Gasteiger partial charge in [-0.1, -0.05) is 81.0 Å². The zero-order valence-corrected chi connectivity index (χ0v) is 41.4. The van der Waals surface area contributed by atoms with Crippen molar-refractivity contribution in [2.45, 2.75) is 90.5 Å². The zero-order valence-electron chi connectivity index (χ0n) is 38.8. The normalized spacial score (nSPS) is 18.1. The van der Waals surface area contributed by atoms with Crippen molar-refractivity contribution >= 4 is 86.7 Å². The predicted molar refractivity (Wildman–Crippen MR) is 256 cm³/mol. The minimum absolute atomic E-state index is 0.00442. The van der Waals surface area contributed by atoms with Crippen molar-refractivity contribution in [2.75, 3.05) is 51.9 Å². The van der Waals surface area contributed by atoms with Gasteiger partial charge in [-0.05, 0) is 79.1 Å². The van der Waals surface area contributed by atoms with E-state index in [-0.39, 0.29) is 82.1 Å². The maximum absolute atomic E-state index is 16.6. The van der Waals surface area contributed by atoms with Crippen LogP contribution in [0.15, 0.2) is 54.6 Å². The predicted octanol–water partition coefficient (Wildman–Crippen LogP) is 8.00. The Balaban J connectivity index is 1.27. The fourth-order valence-electron chi connectivity index (χ4n) is 8.23. The highest BCUT2D eigenvalue weighted by Gasteiger charge is 2.55. The van der Waals surface area contributed by atoms with E-state index in [4.69, 9.17) is 9.05 Å². The number of fused-ring (bicyclic) bond motifs is 3. The highest BCUT2D eigenvalue weighted by atomic mass is 32.2. The van der Waals surface area contributed by atoms with E-state index in [2.05, 4.69) is 15.5 Å². The standard InChI is InChI=1S/C47H59F2N6O9PS2/c1-28(2)22-40(56)66-20-18-63-65(62,64-19-21-67-41(57)23-29(3)4)47(48,49)34-12-11-31-9-10-32(25-33(31)26-34)43(58)50-38-27-54(46(61)42-36-24-30(5)8-14-37(36)51-52-42)17-16-35-13-15-39(45(60)53(6)7)55(35)44(38)59/h8-12,14,24-26,28-29,35,38-39H,13,15-23,27H2,1-7H3,(H,50,58)(H,51,52)/t35-,38+,39+/m1/s1.